The van der Waals surface area contributed by atoms with E-state index in [2.05, 4.69) is 36.7 Å². The number of carbonyl (C=O) groups is 2. The third-order valence-corrected chi connectivity index (χ3v) is 12.8. The number of hydrogen-bond acceptors (Lipinski definition) is 5. The fourth-order valence-electron chi connectivity index (χ4n) is 9.99. The van der Waals surface area contributed by atoms with Crippen molar-refractivity contribution in [3.8, 4) is 0 Å². The predicted molar refractivity (Wildman–Crippen MR) is 164 cm³/mol. The number of carbonyl (C=O) groups excluding carboxylic acids is 2. The fraction of sp³-hybridized carbons (Fsp3) is 0.714. The molecular weight excluding hydrogens is 580 g/mol. The molecule has 4 aliphatic carbocycles. The number of aliphatic hydroxyl groups is 2. The van der Waals surface area contributed by atoms with Crippen molar-refractivity contribution < 1.29 is 24.5 Å². The normalized spacial score (nSPS) is 39.3. The summed E-state index contributed by atoms with van der Waals surface area (Å²) in [5.74, 6) is 2.51. The molecule has 0 bridgehead atoms. The van der Waals surface area contributed by atoms with Gasteiger partial charge in [0.2, 0.25) is 0 Å². The highest BCUT2D eigenvalue weighted by Crippen LogP contribution is 2.68. The van der Waals surface area contributed by atoms with E-state index < -0.39 is 5.97 Å². The molecule has 0 aromatic heterocycles. The Labute approximate surface area is 254 Å². The topological polar surface area (TPSA) is 83.8 Å². The van der Waals surface area contributed by atoms with Crippen molar-refractivity contribution in [2.24, 2.45) is 46.3 Å². The first-order chi connectivity index (χ1) is 19.4. The lowest BCUT2D eigenvalue weighted by Gasteiger charge is -2.62. The molecule has 10 atom stereocenters. The number of allylic oxidation sites excluding steroid dienone is 1. The van der Waals surface area contributed by atoms with Crippen LogP contribution in [0.15, 0.2) is 40.4 Å². The van der Waals surface area contributed by atoms with Crippen molar-refractivity contribution in [2.75, 3.05) is 6.61 Å². The van der Waals surface area contributed by atoms with E-state index >= 15 is 0 Å². The van der Waals surface area contributed by atoms with E-state index in [1.165, 1.54) is 25.7 Å². The molecule has 5 rings (SSSR count). The maximum Gasteiger partial charge on any atom is 0.333 e. The molecule has 6 heteroatoms. The standard InChI is InChI=1S/C35H49BrO5/c1-21(6-5-7-22(2)33(40)41-20-31(39)23-8-10-25(36)11-9-23)27-12-13-28-32-29(15-17-35(27,28)4)34(3)16-14-26(37)18-24(34)19-30(32)38/h7-11,21,24,26-30,32,37-38H,5-6,12-20H2,1-4H3/b22-7+/t21-,24+,26-,27-,28+,29+,30-,32+,34+,35-/m1/s1. The van der Waals surface area contributed by atoms with Gasteiger partial charge in [-0.3, -0.25) is 4.79 Å². The highest BCUT2D eigenvalue weighted by Gasteiger charge is 2.62. The molecule has 4 aliphatic rings. The SMILES string of the molecule is C/C(=C\CC[C@@H](C)[C@H]1CC[C@H]2[C@@H]3[C@H](O)C[C@@H]4C[C@H](O)CC[C@]4(C)[C@H]3CC[C@]12C)C(=O)OCC(=O)c1ccc(Br)cc1. The smallest absolute Gasteiger partial charge is 0.333 e. The number of esters is 1. The van der Waals surface area contributed by atoms with Crippen LogP contribution in [0, 0.1) is 46.3 Å². The number of rotatable bonds is 8. The largest absolute Gasteiger partial charge is 0.454 e. The molecule has 41 heavy (non-hydrogen) atoms. The van der Waals surface area contributed by atoms with Gasteiger partial charge >= 0.3 is 5.97 Å². The number of ether oxygens (including phenoxy) is 1. The van der Waals surface area contributed by atoms with Gasteiger partial charge < -0.3 is 14.9 Å². The highest BCUT2D eigenvalue weighted by atomic mass is 79.9. The summed E-state index contributed by atoms with van der Waals surface area (Å²) >= 11 is 3.36. The lowest BCUT2D eigenvalue weighted by atomic mass is 9.43. The first-order valence-corrected chi connectivity index (χ1v) is 16.7. The van der Waals surface area contributed by atoms with E-state index in [0.29, 0.717) is 46.6 Å². The Morgan fingerprint density at radius 3 is 2.44 bits per heavy atom. The maximum absolute atomic E-state index is 12.5. The summed E-state index contributed by atoms with van der Waals surface area (Å²) in [4.78, 5) is 24.9. The summed E-state index contributed by atoms with van der Waals surface area (Å²) < 4.78 is 6.20. The fourth-order valence-corrected chi connectivity index (χ4v) is 10.3. The zero-order chi connectivity index (χ0) is 29.5. The van der Waals surface area contributed by atoms with Crippen molar-refractivity contribution in [2.45, 2.75) is 104 Å². The molecule has 0 radical (unpaired) electrons. The summed E-state index contributed by atoms with van der Waals surface area (Å²) in [6, 6.07) is 7.04. The molecule has 5 nitrogen and oxygen atoms in total. The number of fused-ring (bicyclic) bond motifs is 5. The van der Waals surface area contributed by atoms with Crippen LogP contribution < -0.4 is 0 Å². The average molecular weight is 630 g/mol. The summed E-state index contributed by atoms with van der Waals surface area (Å²) in [7, 11) is 0. The molecule has 1 aromatic rings. The number of ketones is 1. The van der Waals surface area contributed by atoms with E-state index in [4.69, 9.17) is 4.74 Å². The van der Waals surface area contributed by atoms with E-state index in [1.54, 1.807) is 31.2 Å². The van der Waals surface area contributed by atoms with E-state index in [0.717, 1.165) is 43.0 Å². The molecule has 0 spiro atoms. The number of Topliss-reactive ketones (excluding diaryl/α,β-unsaturated/α-hetero) is 1. The zero-order valence-electron chi connectivity index (χ0n) is 25.3. The molecule has 2 N–H and O–H groups in total. The van der Waals surface area contributed by atoms with Gasteiger partial charge in [0, 0.05) is 15.6 Å². The lowest BCUT2D eigenvalue weighted by molar-refractivity contribution is -0.174. The number of hydrogen-bond donors (Lipinski definition) is 2. The van der Waals surface area contributed by atoms with Crippen LogP contribution in [-0.4, -0.2) is 40.8 Å². The van der Waals surface area contributed by atoms with Crippen LogP contribution in [0.25, 0.3) is 0 Å². The Morgan fingerprint density at radius 1 is 1.02 bits per heavy atom. The number of halogens is 1. The van der Waals surface area contributed by atoms with Gasteiger partial charge in [-0.25, -0.2) is 4.79 Å². The van der Waals surface area contributed by atoms with Gasteiger partial charge in [0.05, 0.1) is 12.2 Å². The van der Waals surface area contributed by atoms with Crippen molar-refractivity contribution in [1.29, 1.82) is 0 Å². The molecule has 4 fully saturated rings. The Bertz CT molecular complexity index is 1150. The van der Waals surface area contributed by atoms with Crippen molar-refractivity contribution in [3.63, 3.8) is 0 Å². The summed E-state index contributed by atoms with van der Waals surface area (Å²) in [5, 5.41) is 21.8. The molecule has 0 saturated heterocycles. The second-order valence-electron chi connectivity index (χ2n) is 14.4. The molecule has 0 heterocycles. The van der Waals surface area contributed by atoms with Crippen LogP contribution in [0.3, 0.4) is 0 Å². The van der Waals surface area contributed by atoms with Crippen molar-refractivity contribution >= 4 is 27.7 Å². The lowest BCUT2D eigenvalue weighted by Crippen LogP contribution is -2.58. The molecule has 4 saturated carbocycles. The maximum atomic E-state index is 12.5. The minimum Gasteiger partial charge on any atom is -0.454 e. The van der Waals surface area contributed by atoms with Crippen molar-refractivity contribution in [1.82, 2.24) is 0 Å². The van der Waals surface area contributed by atoms with E-state index in [9.17, 15) is 19.8 Å². The molecule has 1 aromatic carbocycles. The third kappa shape index (κ3) is 5.99. The monoisotopic (exact) mass is 628 g/mol. The predicted octanol–water partition coefficient (Wildman–Crippen LogP) is 7.53. The first kappa shape index (κ1) is 30.9. The van der Waals surface area contributed by atoms with Gasteiger partial charge in [-0.05, 0) is 130 Å². The third-order valence-electron chi connectivity index (χ3n) is 12.3. The minimum absolute atomic E-state index is 0.193. The average Bonchev–Trinajstić information content (AvgIpc) is 3.30. The van der Waals surface area contributed by atoms with Crippen LogP contribution in [-0.2, 0) is 9.53 Å². The van der Waals surface area contributed by atoms with Gasteiger partial charge in [-0.2, -0.15) is 0 Å². The number of aliphatic hydroxyl groups excluding tert-OH is 2. The Morgan fingerprint density at radius 2 is 1.71 bits per heavy atom. The van der Waals surface area contributed by atoms with Crippen LogP contribution >= 0.6 is 15.9 Å². The molecular formula is C35H49BrO5. The van der Waals surface area contributed by atoms with Gasteiger partial charge in [-0.15, -0.1) is 0 Å². The minimum atomic E-state index is -0.428. The van der Waals surface area contributed by atoms with Gasteiger partial charge in [0.1, 0.15) is 0 Å². The second-order valence-corrected chi connectivity index (χ2v) is 15.3. The number of benzene rings is 1. The van der Waals surface area contributed by atoms with Gasteiger partial charge in [0.25, 0.3) is 0 Å². The molecule has 0 unspecified atom stereocenters. The summed E-state index contributed by atoms with van der Waals surface area (Å²) in [6.07, 6.45) is 12.0. The van der Waals surface area contributed by atoms with Crippen LogP contribution in [0.2, 0.25) is 0 Å². The quantitative estimate of drug-likeness (QED) is 0.177. The Hall–Kier alpha value is -1.50. The van der Waals surface area contributed by atoms with Crippen LogP contribution in [0.1, 0.15) is 102 Å². The van der Waals surface area contributed by atoms with E-state index in [-0.39, 0.29) is 35.4 Å². The van der Waals surface area contributed by atoms with Gasteiger partial charge in [-0.1, -0.05) is 54.9 Å². The molecule has 0 aliphatic heterocycles. The van der Waals surface area contributed by atoms with Crippen LogP contribution in [0.4, 0.5) is 0 Å². The molecule has 226 valence electrons. The van der Waals surface area contributed by atoms with Gasteiger partial charge in [0.15, 0.2) is 12.4 Å². The first-order valence-electron chi connectivity index (χ1n) is 15.9. The van der Waals surface area contributed by atoms with E-state index in [1.807, 2.05) is 6.08 Å². The zero-order valence-corrected chi connectivity index (χ0v) is 26.9. The summed E-state index contributed by atoms with van der Waals surface area (Å²) in [5.41, 5.74) is 1.60. The second kappa shape index (κ2) is 12.2. The molecule has 0 amide bonds. The Balaban J connectivity index is 1.15. The van der Waals surface area contributed by atoms with Crippen LogP contribution in [0.5, 0.6) is 0 Å². The van der Waals surface area contributed by atoms with Crippen molar-refractivity contribution in [3.05, 3.63) is 46.0 Å². The highest BCUT2D eigenvalue weighted by molar-refractivity contribution is 9.10. The Kier molecular flexibility index (Phi) is 9.24. The summed E-state index contributed by atoms with van der Waals surface area (Å²) in [6.45, 7) is 8.88.